The Bertz CT molecular complexity index is 196. The molecule has 3 heteroatoms. The SMILES string of the molecule is CCC(CSC)N1CC(C(C)C)NCC1C. The van der Waals surface area contributed by atoms with Crippen molar-refractivity contribution in [3.63, 3.8) is 0 Å². The van der Waals surface area contributed by atoms with Gasteiger partial charge < -0.3 is 5.32 Å². The van der Waals surface area contributed by atoms with E-state index in [1.54, 1.807) is 0 Å². The average Bonchev–Trinajstić information content (AvgIpc) is 2.26. The third kappa shape index (κ3) is 3.64. The molecular formula is C13H28N2S. The monoisotopic (exact) mass is 244 g/mol. The molecule has 1 aliphatic heterocycles. The van der Waals surface area contributed by atoms with Crippen molar-refractivity contribution >= 4 is 11.8 Å². The van der Waals surface area contributed by atoms with E-state index in [1.165, 1.54) is 18.7 Å². The van der Waals surface area contributed by atoms with E-state index in [0.29, 0.717) is 12.1 Å². The van der Waals surface area contributed by atoms with Gasteiger partial charge in [0.25, 0.3) is 0 Å². The summed E-state index contributed by atoms with van der Waals surface area (Å²) in [6.07, 6.45) is 3.49. The van der Waals surface area contributed by atoms with Gasteiger partial charge in [0.2, 0.25) is 0 Å². The summed E-state index contributed by atoms with van der Waals surface area (Å²) >= 11 is 1.98. The van der Waals surface area contributed by atoms with Crippen molar-refractivity contribution in [2.75, 3.05) is 25.1 Å². The van der Waals surface area contributed by atoms with Gasteiger partial charge in [-0.3, -0.25) is 4.90 Å². The number of hydrogen-bond acceptors (Lipinski definition) is 3. The third-order valence-corrected chi connectivity index (χ3v) is 4.47. The normalized spacial score (nSPS) is 29.6. The van der Waals surface area contributed by atoms with Crippen molar-refractivity contribution in [2.24, 2.45) is 5.92 Å². The van der Waals surface area contributed by atoms with Gasteiger partial charge in [-0.25, -0.2) is 0 Å². The standard InChI is InChI=1S/C13H28N2S/c1-6-12(9-16-5)15-8-13(10(2)3)14-7-11(15)4/h10-14H,6-9H2,1-5H3. The van der Waals surface area contributed by atoms with Crippen molar-refractivity contribution in [3.8, 4) is 0 Å². The number of nitrogens with one attached hydrogen (secondary N) is 1. The van der Waals surface area contributed by atoms with Gasteiger partial charge in [0.05, 0.1) is 0 Å². The van der Waals surface area contributed by atoms with Gasteiger partial charge in [0.1, 0.15) is 0 Å². The lowest BCUT2D eigenvalue weighted by Gasteiger charge is -2.44. The molecule has 0 saturated carbocycles. The second-order valence-corrected chi connectivity index (χ2v) is 6.23. The van der Waals surface area contributed by atoms with Crippen molar-refractivity contribution < 1.29 is 0 Å². The smallest absolute Gasteiger partial charge is 0.0218 e. The maximum absolute atomic E-state index is 3.67. The number of piperazine rings is 1. The zero-order valence-electron chi connectivity index (χ0n) is 11.5. The quantitative estimate of drug-likeness (QED) is 0.800. The molecule has 3 unspecified atom stereocenters. The minimum absolute atomic E-state index is 0.673. The fraction of sp³-hybridized carbons (Fsp3) is 1.00. The molecule has 0 amide bonds. The minimum atomic E-state index is 0.673. The first-order valence-corrected chi connectivity index (χ1v) is 7.97. The van der Waals surface area contributed by atoms with Crippen LogP contribution in [-0.2, 0) is 0 Å². The minimum Gasteiger partial charge on any atom is -0.311 e. The van der Waals surface area contributed by atoms with Crippen LogP contribution >= 0.6 is 11.8 Å². The summed E-state index contributed by atoms with van der Waals surface area (Å²) in [7, 11) is 0. The summed E-state index contributed by atoms with van der Waals surface area (Å²) in [6, 6.07) is 2.12. The average molecular weight is 244 g/mol. The Morgan fingerprint density at radius 3 is 2.62 bits per heavy atom. The molecule has 1 fully saturated rings. The van der Waals surface area contributed by atoms with Crippen molar-refractivity contribution in [1.82, 2.24) is 10.2 Å². The third-order valence-electron chi connectivity index (χ3n) is 3.75. The molecule has 2 nitrogen and oxygen atoms in total. The van der Waals surface area contributed by atoms with Crippen molar-refractivity contribution in [3.05, 3.63) is 0 Å². The van der Waals surface area contributed by atoms with Crippen LogP contribution in [0.1, 0.15) is 34.1 Å². The highest BCUT2D eigenvalue weighted by Gasteiger charge is 2.30. The van der Waals surface area contributed by atoms with Crippen LogP contribution in [0.5, 0.6) is 0 Å². The highest BCUT2D eigenvalue weighted by molar-refractivity contribution is 7.98. The van der Waals surface area contributed by atoms with Gasteiger partial charge in [0.15, 0.2) is 0 Å². The van der Waals surface area contributed by atoms with Crippen LogP contribution in [0.2, 0.25) is 0 Å². The topological polar surface area (TPSA) is 15.3 Å². The Hall–Kier alpha value is 0.270. The zero-order chi connectivity index (χ0) is 12.1. The fourth-order valence-corrected chi connectivity index (χ4v) is 3.32. The molecule has 1 saturated heterocycles. The Morgan fingerprint density at radius 2 is 2.12 bits per heavy atom. The summed E-state index contributed by atoms with van der Waals surface area (Å²) in [5, 5.41) is 3.67. The molecule has 16 heavy (non-hydrogen) atoms. The van der Waals surface area contributed by atoms with E-state index in [9.17, 15) is 0 Å². The van der Waals surface area contributed by atoms with E-state index in [-0.39, 0.29) is 0 Å². The second kappa shape index (κ2) is 6.87. The van der Waals surface area contributed by atoms with Gasteiger partial charge in [0, 0.05) is 37.0 Å². The van der Waals surface area contributed by atoms with E-state index in [0.717, 1.165) is 18.5 Å². The van der Waals surface area contributed by atoms with Gasteiger partial charge in [-0.2, -0.15) is 11.8 Å². The van der Waals surface area contributed by atoms with Crippen LogP contribution in [0.3, 0.4) is 0 Å². The van der Waals surface area contributed by atoms with Crippen LogP contribution in [0, 0.1) is 5.92 Å². The Labute approximate surface area is 106 Å². The summed E-state index contributed by atoms with van der Waals surface area (Å²) in [6.45, 7) is 11.7. The number of rotatable bonds is 5. The van der Waals surface area contributed by atoms with Crippen LogP contribution < -0.4 is 5.32 Å². The summed E-state index contributed by atoms with van der Waals surface area (Å²) in [5.41, 5.74) is 0. The van der Waals surface area contributed by atoms with E-state index in [2.05, 4.69) is 44.2 Å². The van der Waals surface area contributed by atoms with Crippen LogP contribution in [0.4, 0.5) is 0 Å². The molecule has 1 aliphatic rings. The van der Waals surface area contributed by atoms with Gasteiger partial charge in [-0.05, 0) is 25.5 Å². The molecule has 96 valence electrons. The first kappa shape index (κ1) is 14.3. The summed E-state index contributed by atoms with van der Waals surface area (Å²) in [4.78, 5) is 2.72. The molecule has 1 N–H and O–H groups in total. The highest BCUT2D eigenvalue weighted by Crippen LogP contribution is 2.19. The highest BCUT2D eigenvalue weighted by atomic mass is 32.2. The maximum Gasteiger partial charge on any atom is 0.0218 e. The largest absolute Gasteiger partial charge is 0.311 e. The van der Waals surface area contributed by atoms with Crippen molar-refractivity contribution in [2.45, 2.75) is 52.2 Å². The lowest BCUT2D eigenvalue weighted by Crippen LogP contribution is -2.60. The van der Waals surface area contributed by atoms with Crippen molar-refractivity contribution in [1.29, 1.82) is 0 Å². The van der Waals surface area contributed by atoms with Crippen LogP contribution in [0.25, 0.3) is 0 Å². The number of hydrogen-bond donors (Lipinski definition) is 1. The molecule has 0 aromatic heterocycles. The Kier molecular flexibility index (Phi) is 6.16. The molecule has 3 atom stereocenters. The van der Waals surface area contributed by atoms with E-state index in [4.69, 9.17) is 0 Å². The molecule has 1 rings (SSSR count). The fourth-order valence-electron chi connectivity index (χ4n) is 2.51. The van der Waals surface area contributed by atoms with E-state index >= 15 is 0 Å². The molecule has 0 aromatic rings. The van der Waals surface area contributed by atoms with Gasteiger partial charge in [-0.1, -0.05) is 20.8 Å². The van der Waals surface area contributed by atoms with Gasteiger partial charge >= 0.3 is 0 Å². The van der Waals surface area contributed by atoms with Crippen LogP contribution in [0.15, 0.2) is 0 Å². The molecule has 1 heterocycles. The maximum atomic E-state index is 3.67. The Morgan fingerprint density at radius 1 is 1.44 bits per heavy atom. The predicted octanol–water partition coefficient (Wildman–Crippen LogP) is 2.45. The first-order chi connectivity index (χ1) is 7.60. The molecule has 0 aromatic carbocycles. The predicted molar refractivity (Wildman–Crippen MR) is 75.3 cm³/mol. The Balaban J connectivity index is 2.60. The molecular weight excluding hydrogens is 216 g/mol. The van der Waals surface area contributed by atoms with Gasteiger partial charge in [-0.15, -0.1) is 0 Å². The lowest BCUT2D eigenvalue weighted by atomic mass is 9.98. The first-order valence-electron chi connectivity index (χ1n) is 6.58. The van der Waals surface area contributed by atoms with Crippen LogP contribution in [-0.4, -0.2) is 48.1 Å². The summed E-state index contributed by atoms with van der Waals surface area (Å²) < 4.78 is 0. The molecule has 0 radical (unpaired) electrons. The number of thioether (sulfide) groups is 1. The zero-order valence-corrected chi connectivity index (χ0v) is 12.3. The number of nitrogens with zero attached hydrogens (tertiary/aromatic N) is 1. The molecule has 0 spiro atoms. The lowest BCUT2D eigenvalue weighted by molar-refractivity contribution is 0.0856. The summed E-state index contributed by atoms with van der Waals surface area (Å²) in [5.74, 6) is 2.01. The molecule has 0 bridgehead atoms. The molecule has 0 aliphatic carbocycles. The van der Waals surface area contributed by atoms with E-state index < -0.39 is 0 Å². The van der Waals surface area contributed by atoms with E-state index in [1.807, 2.05) is 11.8 Å². The second-order valence-electron chi connectivity index (χ2n) is 5.32.